The molecule has 0 spiro atoms. The molecule has 2 aromatic rings. The van der Waals surface area contributed by atoms with Crippen LogP contribution in [0, 0.1) is 26.6 Å². The summed E-state index contributed by atoms with van der Waals surface area (Å²) >= 11 is 0. The largest absolute Gasteiger partial charge is 0.256 e. The molecule has 0 aliphatic carbocycles. The minimum absolute atomic E-state index is 0.116. The van der Waals surface area contributed by atoms with Crippen LogP contribution in [-0.2, 0) is 16.9 Å². The molecule has 0 amide bonds. The fraction of sp³-hybridized carbons (Fsp3) is 0.357. The van der Waals surface area contributed by atoms with E-state index in [1.807, 2.05) is 13.8 Å². The summed E-state index contributed by atoms with van der Waals surface area (Å²) in [6, 6.07) is 3.14. The van der Waals surface area contributed by atoms with E-state index in [0.717, 1.165) is 17.4 Å². The molecule has 0 aliphatic heterocycles. The molecule has 0 atom stereocenters. The molecule has 0 radical (unpaired) electrons. The Morgan fingerprint density at radius 3 is 2.20 bits per heavy atom. The monoisotopic (exact) mass is 296 g/mol. The summed E-state index contributed by atoms with van der Waals surface area (Å²) in [6.07, 6.45) is 1.12. The Morgan fingerprint density at radius 1 is 1.15 bits per heavy atom. The molecule has 0 bridgehead atoms. The van der Waals surface area contributed by atoms with E-state index in [1.54, 1.807) is 20.0 Å². The molecule has 4 nitrogen and oxygen atoms in total. The first kappa shape index (κ1) is 14.7. The average Bonchev–Trinajstić information content (AvgIpc) is 2.58. The molecule has 0 aliphatic rings. The van der Waals surface area contributed by atoms with Gasteiger partial charge in [-0.25, -0.2) is 12.8 Å². The molecule has 2 rings (SSSR count). The summed E-state index contributed by atoms with van der Waals surface area (Å²) in [5.74, 6) is -0.394. The van der Waals surface area contributed by atoms with Crippen LogP contribution in [0.25, 0.3) is 11.3 Å². The predicted molar refractivity (Wildman–Crippen MR) is 75.9 cm³/mol. The van der Waals surface area contributed by atoms with Gasteiger partial charge in [0.05, 0.1) is 5.69 Å². The van der Waals surface area contributed by atoms with E-state index >= 15 is 0 Å². The number of nitrogens with zero attached hydrogens (tertiary/aromatic N) is 2. The van der Waals surface area contributed by atoms with E-state index in [2.05, 4.69) is 5.10 Å². The van der Waals surface area contributed by atoms with Crippen LogP contribution in [0.1, 0.15) is 16.7 Å². The molecule has 108 valence electrons. The molecule has 0 saturated heterocycles. The summed E-state index contributed by atoms with van der Waals surface area (Å²) in [6.45, 7) is 5.36. The lowest BCUT2D eigenvalue weighted by atomic mass is 10.0. The first-order chi connectivity index (χ1) is 9.12. The lowest BCUT2D eigenvalue weighted by Crippen LogP contribution is -2.06. The maximum absolute atomic E-state index is 14.1. The summed E-state index contributed by atoms with van der Waals surface area (Å²) in [5, 5.41) is 4.29. The highest BCUT2D eigenvalue weighted by atomic mass is 32.2. The highest BCUT2D eigenvalue weighted by Crippen LogP contribution is 2.30. The minimum atomic E-state index is -3.40. The van der Waals surface area contributed by atoms with Crippen LogP contribution in [0.15, 0.2) is 17.2 Å². The van der Waals surface area contributed by atoms with E-state index in [9.17, 15) is 12.8 Å². The van der Waals surface area contributed by atoms with Crippen LogP contribution in [0.2, 0.25) is 0 Å². The van der Waals surface area contributed by atoms with Crippen molar-refractivity contribution in [2.24, 2.45) is 7.05 Å². The van der Waals surface area contributed by atoms with Crippen molar-refractivity contribution < 1.29 is 12.8 Å². The van der Waals surface area contributed by atoms with Gasteiger partial charge in [0.25, 0.3) is 0 Å². The van der Waals surface area contributed by atoms with Gasteiger partial charge in [0.2, 0.25) is 0 Å². The Balaban J connectivity index is 2.76. The van der Waals surface area contributed by atoms with Crippen molar-refractivity contribution in [1.82, 2.24) is 9.78 Å². The molecule has 1 heterocycles. The van der Waals surface area contributed by atoms with Crippen LogP contribution < -0.4 is 0 Å². The Bertz CT molecular complexity index is 792. The quantitative estimate of drug-likeness (QED) is 0.856. The van der Waals surface area contributed by atoms with E-state index < -0.39 is 15.7 Å². The Morgan fingerprint density at radius 2 is 1.70 bits per heavy atom. The molecule has 0 unspecified atom stereocenters. The van der Waals surface area contributed by atoms with E-state index in [4.69, 9.17) is 0 Å². The average molecular weight is 296 g/mol. The molecule has 0 saturated carbocycles. The van der Waals surface area contributed by atoms with Gasteiger partial charge in [0.1, 0.15) is 5.82 Å². The van der Waals surface area contributed by atoms with Crippen molar-refractivity contribution >= 4 is 9.84 Å². The number of halogens is 1. The maximum Gasteiger partial charge on any atom is 0.192 e. The van der Waals surface area contributed by atoms with Crippen molar-refractivity contribution in [3.8, 4) is 11.3 Å². The van der Waals surface area contributed by atoms with Gasteiger partial charge in [-0.15, -0.1) is 0 Å². The normalized spacial score (nSPS) is 11.9. The molecule has 0 fully saturated rings. The van der Waals surface area contributed by atoms with Crippen LogP contribution >= 0.6 is 0 Å². The van der Waals surface area contributed by atoms with Gasteiger partial charge in [-0.05, 0) is 44.0 Å². The molecular weight excluding hydrogens is 279 g/mol. The van der Waals surface area contributed by atoms with Crippen LogP contribution in [0.4, 0.5) is 4.39 Å². The summed E-state index contributed by atoms with van der Waals surface area (Å²) in [4.78, 5) is 0. The third-order valence-corrected chi connectivity index (χ3v) is 4.68. The fourth-order valence-corrected chi connectivity index (χ4v) is 3.52. The predicted octanol–water partition coefficient (Wildman–Crippen LogP) is 2.55. The SMILES string of the molecule is Cc1cc(F)c(-c2nn(C)c(S(C)(=O)=O)c2C)cc1C. The summed E-state index contributed by atoms with van der Waals surface area (Å²) < 4.78 is 39.0. The molecule has 0 N–H and O–H groups in total. The highest BCUT2D eigenvalue weighted by molar-refractivity contribution is 7.90. The van der Waals surface area contributed by atoms with Gasteiger partial charge in [-0.3, -0.25) is 4.68 Å². The Kier molecular flexibility index (Phi) is 3.46. The van der Waals surface area contributed by atoms with Gasteiger partial charge < -0.3 is 0 Å². The Labute approximate surface area is 118 Å². The van der Waals surface area contributed by atoms with Crippen molar-refractivity contribution in [2.45, 2.75) is 25.8 Å². The summed E-state index contributed by atoms with van der Waals surface area (Å²) in [5.41, 5.74) is 2.96. The van der Waals surface area contributed by atoms with Crippen molar-refractivity contribution in [2.75, 3.05) is 6.26 Å². The second-order valence-corrected chi connectivity index (χ2v) is 7.02. The molecule has 1 aromatic carbocycles. The van der Waals surface area contributed by atoms with Gasteiger partial charge in [0.15, 0.2) is 14.9 Å². The second-order valence-electron chi connectivity index (χ2n) is 5.09. The van der Waals surface area contributed by atoms with Gasteiger partial charge in [0, 0.05) is 24.4 Å². The number of benzene rings is 1. The number of sulfone groups is 1. The van der Waals surface area contributed by atoms with Crippen molar-refractivity contribution in [3.05, 3.63) is 34.6 Å². The number of hydrogen-bond acceptors (Lipinski definition) is 3. The van der Waals surface area contributed by atoms with Crippen molar-refractivity contribution in [1.29, 1.82) is 0 Å². The fourth-order valence-electron chi connectivity index (χ4n) is 2.35. The number of aryl methyl sites for hydroxylation is 3. The maximum atomic E-state index is 14.1. The minimum Gasteiger partial charge on any atom is -0.256 e. The van der Waals surface area contributed by atoms with Gasteiger partial charge in [-0.2, -0.15) is 5.10 Å². The van der Waals surface area contributed by atoms with Crippen LogP contribution in [0.3, 0.4) is 0 Å². The highest BCUT2D eigenvalue weighted by Gasteiger charge is 2.23. The Hall–Kier alpha value is -1.69. The second kappa shape index (κ2) is 4.70. The lowest BCUT2D eigenvalue weighted by molar-refractivity contribution is 0.581. The van der Waals surface area contributed by atoms with E-state index in [-0.39, 0.29) is 5.03 Å². The molecule has 1 aromatic heterocycles. The molecular formula is C14H17FN2O2S. The van der Waals surface area contributed by atoms with E-state index in [1.165, 1.54) is 10.7 Å². The third-order valence-electron chi connectivity index (χ3n) is 3.41. The summed E-state index contributed by atoms with van der Waals surface area (Å²) in [7, 11) is -1.86. The van der Waals surface area contributed by atoms with Crippen LogP contribution in [0.5, 0.6) is 0 Å². The first-order valence-electron chi connectivity index (χ1n) is 6.13. The van der Waals surface area contributed by atoms with Crippen LogP contribution in [-0.4, -0.2) is 24.5 Å². The zero-order valence-electron chi connectivity index (χ0n) is 12.2. The number of hydrogen-bond donors (Lipinski definition) is 0. The zero-order valence-corrected chi connectivity index (χ0v) is 13.0. The number of aromatic nitrogens is 2. The van der Waals surface area contributed by atoms with Crippen molar-refractivity contribution in [3.63, 3.8) is 0 Å². The topological polar surface area (TPSA) is 52.0 Å². The molecule has 20 heavy (non-hydrogen) atoms. The third kappa shape index (κ3) is 2.35. The molecule has 6 heteroatoms. The zero-order chi connectivity index (χ0) is 15.2. The van der Waals surface area contributed by atoms with E-state index in [0.29, 0.717) is 16.8 Å². The van der Waals surface area contributed by atoms with Gasteiger partial charge >= 0.3 is 0 Å². The van der Waals surface area contributed by atoms with Gasteiger partial charge in [-0.1, -0.05) is 0 Å². The number of rotatable bonds is 2. The first-order valence-corrected chi connectivity index (χ1v) is 8.03. The smallest absolute Gasteiger partial charge is 0.192 e. The lowest BCUT2D eigenvalue weighted by Gasteiger charge is -2.06. The standard InChI is InChI=1S/C14H17FN2O2S/c1-8-6-11(12(15)7-9(8)2)13-10(3)14(17(4)16-13)20(5,18)19/h6-7H,1-5H3.